The number of nitrogens with two attached hydrogens (primary N) is 1. The van der Waals surface area contributed by atoms with Crippen molar-refractivity contribution in [3.63, 3.8) is 0 Å². The number of carbonyl (C=O) groups is 1. The lowest BCUT2D eigenvalue weighted by molar-refractivity contribution is 0.0999. The smallest absolute Gasteiger partial charge is 0.255 e. The van der Waals surface area contributed by atoms with E-state index in [0.717, 1.165) is 16.8 Å². The topological polar surface area (TPSA) is 65.1 Å². The standard InChI is InChI=1S/C14H14N2O2/c1-9-4-3-5-10(2)13(9)16-8-11(14(15)18)6-7-12(16)17/h3-8H,1-2H3,(H2,15,18). The zero-order valence-corrected chi connectivity index (χ0v) is 10.3. The first-order chi connectivity index (χ1) is 8.50. The number of para-hydroxylation sites is 1. The van der Waals surface area contributed by atoms with Gasteiger partial charge >= 0.3 is 0 Å². The van der Waals surface area contributed by atoms with Crippen molar-refractivity contribution in [1.82, 2.24) is 4.57 Å². The fourth-order valence-electron chi connectivity index (χ4n) is 1.99. The van der Waals surface area contributed by atoms with Crippen LogP contribution >= 0.6 is 0 Å². The van der Waals surface area contributed by atoms with Gasteiger partial charge in [0.1, 0.15) is 0 Å². The molecule has 1 aromatic heterocycles. The van der Waals surface area contributed by atoms with Crippen molar-refractivity contribution in [2.24, 2.45) is 5.73 Å². The highest BCUT2D eigenvalue weighted by atomic mass is 16.1. The SMILES string of the molecule is Cc1cccc(C)c1-n1cc(C(N)=O)ccc1=O. The number of carbonyl (C=O) groups excluding carboxylic acids is 1. The van der Waals surface area contributed by atoms with E-state index in [2.05, 4.69) is 0 Å². The molecule has 92 valence electrons. The van der Waals surface area contributed by atoms with Gasteiger partial charge in [0.2, 0.25) is 5.91 Å². The lowest BCUT2D eigenvalue weighted by Crippen LogP contribution is -2.22. The summed E-state index contributed by atoms with van der Waals surface area (Å²) in [4.78, 5) is 23.1. The second-order valence-corrected chi connectivity index (χ2v) is 4.23. The maximum atomic E-state index is 11.9. The third-order valence-corrected chi connectivity index (χ3v) is 2.88. The number of primary amides is 1. The lowest BCUT2D eigenvalue weighted by atomic mass is 10.1. The first kappa shape index (κ1) is 12.1. The molecule has 0 fully saturated rings. The summed E-state index contributed by atoms with van der Waals surface area (Å²) in [5, 5.41) is 0. The number of nitrogens with zero attached hydrogens (tertiary/aromatic N) is 1. The lowest BCUT2D eigenvalue weighted by Gasteiger charge is -2.12. The van der Waals surface area contributed by atoms with Crippen molar-refractivity contribution in [1.29, 1.82) is 0 Å². The quantitative estimate of drug-likeness (QED) is 0.868. The summed E-state index contributed by atoms with van der Waals surface area (Å²) in [6, 6.07) is 8.56. The number of amides is 1. The van der Waals surface area contributed by atoms with Crippen LogP contribution in [0.25, 0.3) is 5.69 Å². The van der Waals surface area contributed by atoms with E-state index in [-0.39, 0.29) is 5.56 Å². The van der Waals surface area contributed by atoms with E-state index < -0.39 is 5.91 Å². The van der Waals surface area contributed by atoms with Gasteiger partial charge in [-0.3, -0.25) is 14.2 Å². The molecule has 4 nitrogen and oxygen atoms in total. The van der Waals surface area contributed by atoms with Gasteiger partial charge in [-0.2, -0.15) is 0 Å². The molecule has 0 bridgehead atoms. The summed E-state index contributed by atoms with van der Waals surface area (Å²) < 4.78 is 1.46. The molecular formula is C14H14N2O2. The molecule has 1 amide bonds. The van der Waals surface area contributed by atoms with Crippen LogP contribution in [-0.4, -0.2) is 10.5 Å². The number of hydrogen-bond acceptors (Lipinski definition) is 2. The predicted octanol–water partition coefficient (Wildman–Crippen LogP) is 1.55. The number of aromatic nitrogens is 1. The zero-order chi connectivity index (χ0) is 13.3. The summed E-state index contributed by atoms with van der Waals surface area (Å²) in [5.74, 6) is -0.546. The Morgan fingerprint density at radius 2 is 1.72 bits per heavy atom. The Bertz CT molecular complexity index is 651. The minimum Gasteiger partial charge on any atom is -0.366 e. The molecule has 0 unspecified atom stereocenters. The Kier molecular flexibility index (Phi) is 3.02. The molecule has 1 heterocycles. The van der Waals surface area contributed by atoms with E-state index in [9.17, 15) is 9.59 Å². The predicted molar refractivity (Wildman–Crippen MR) is 70.0 cm³/mol. The maximum Gasteiger partial charge on any atom is 0.255 e. The Morgan fingerprint density at radius 1 is 1.11 bits per heavy atom. The van der Waals surface area contributed by atoms with E-state index in [1.54, 1.807) is 0 Å². The second kappa shape index (κ2) is 4.49. The molecule has 2 N–H and O–H groups in total. The van der Waals surface area contributed by atoms with Gasteiger partial charge in [0.25, 0.3) is 5.56 Å². The molecule has 0 radical (unpaired) electrons. The Hall–Kier alpha value is -2.36. The summed E-state index contributed by atoms with van der Waals surface area (Å²) in [6.45, 7) is 3.84. The van der Waals surface area contributed by atoms with Crippen LogP contribution in [0.3, 0.4) is 0 Å². The largest absolute Gasteiger partial charge is 0.366 e. The van der Waals surface area contributed by atoms with Crippen LogP contribution in [0.5, 0.6) is 0 Å². The molecule has 18 heavy (non-hydrogen) atoms. The van der Waals surface area contributed by atoms with Crippen LogP contribution in [0.15, 0.2) is 41.3 Å². The first-order valence-corrected chi connectivity index (χ1v) is 5.60. The van der Waals surface area contributed by atoms with E-state index in [1.807, 2.05) is 32.0 Å². The van der Waals surface area contributed by atoms with Crippen molar-refractivity contribution >= 4 is 5.91 Å². The zero-order valence-electron chi connectivity index (χ0n) is 10.3. The molecule has 0 saturated carbocycles. The average molecular weight is 242 g/mol. The molecule has 2 rings (SSSR count). The van der Waals surface area contributed by atoms with Gasteiger partial charge in [-0.05, 0) is 31.0 Å². The minimum absolute atomic E-state index is 0.183. The van der Waals surface area contributed by atoms with E-state index in [1.165, 1.54) is 22.9 Å². The monoisotopic (exact) mass is 242 g/mol. The molecule has 0 saturated heterocycles. The summed E-state index contributed by atoms with van der Waals surface area (Å²) >= 11 is 0. The average Bonchev–Trinajstić information content (AvgIpc) is 2.30. The summed E-state index contributed by atoms with van der Waals surface area (Å²) in [6.07, 6.45) is 1.49. The molecule has 0 aliphatic carbocycles. The molecule has 0 aliphatic rings. The van der Waals surface area contributed by atoms with Crippen LogP contribution in [0.2, 0.25) is 0 Å². The number of pyridine rings is 1. The van der Waals surface area contributed by atoms with Gasteiger partial charge in [0, 0.05) is 12.3 Å². The first-order valence-electron chi connectivity index (χ1n) is 5.60. The number of rotatable bonds is 2. The molecule has 0 atom stereocenters. The van der Waals surface area contributed by atoms with Crippen LogP contribution in [0.1, 0.15) is 21.5 Å². The Morgan fingerprint density at radius 3 is 2.28 bits per heavy atom. The molecule has 4 heteroatoms. The van der Waals surface area contributed by atoms with Gasteiger partial charge in [-0.1, -0.05) is 18.2 Å². The number of hydrogen-bond donors (Lipinski definition) is 1. The van der Waals surface area contributed by atoms with Gasteiger partial charge in [-0.15, -0.1) is 0 Å². The summed E-state index contributed by atoms with van der Waals surface area (Å²) in [7, 11) is 0. The van der Waals surface area contributed by atoms with Crippen LogP contribution in [-0.2, 0) is 0 Å². The van der Waals surface area contributed by atoms with Crippen molar-refractivity contribution in [2.45, 2.75) is 13.8 Å². The van der Waals surface area contributed by atoms with Gasteiger partial charge in [0.15, 0.2) is 0 Å². The van der Waals surface area contributed by atoms with Crippen molar-refractivity contribution in [2.75, 3.05) is 0 Å². The van der Waals surface area contributed by atoms with E-state index in [0.29, 0.717) is 5.56 Å². The van der Waals surface area contributed by atoms with Crippen molar-refractivity contribution in [3.8, 4) is 5.69 Å². The summed E-state index contributed by atoms with van der Waals surface area (Å²) in [5.41, 5.74) is 8.11. The molecule has 0 aliphatic heterocycles. The minimum atomic E-state index is -0.546. The van der Waals surface area contributed by atoms with Gasteiger partial charge in [0.05, 0.1) is 11.3 Å². The highest BCUT2D eigenvalue weighted by molar-refractivity contribution is 5.92. The van der Waals surface area contributed by atoms with E-state index in [4.69, 9.17) is 5.73 Å². The van der Waals surface area contributed by atoms with Crippen molar-refractivity contribution < 1.29 is 4.79 Å². The van der Waals surface area contributed by atoms with E-state index >= 15 is 0 Å². The van der Waals surface area contributed by atoms with Crippen LogP contribution < -0.4 is 11.3 Å². The maximum absolute atomic E-state index is 11.9. The molecular weight excluding hydrogens is 228 g/mol. The molecule has 1 aromatic carbocycles. The fraction of sp³-hybridized carbons (Fsp3) is 0.143. The number of aryl methyl sites for hydroxylation is 2. The fourth-order valence-corrected chi connectivity index (χ4v) is 1.99. The highest BCUT2D eigenvalue weighted by Gasteiger charge is 2.09. The third kappa shape index (κ3) is 2.05. The third-order valence-electron chi connectivity index (χ3n) is 2.88. The molecule has 2 aromatic rings. The van der Waals surface area contributed by atoms with Gasteiger partial charge in [-0.25, -0.2) is 0 Å². The van der Waals surface area contributed by atoms with Gasteiger partial charge < -0.3 is 5.73 Å². The van der Waals surface area contributed by atoms with Crippen LogP contribution in [0, 0.1) is 13.8 Å². The number of benzene rings is 1. The normalized spacial score (nSPS) is 10.3. The molecule has 0 spiro atoms. The Labute approximate surface area is 105 Å². The Balaban J connectivity index is 2.75. The van der Waals surface area contributed by atoms with Crippen LogP contribution in [0.4, 0.5) is 0 Å². The van der Waals surface area contributed by atoms with Crippen molar-refractivity contribution in [3.05, 3.63) is 63.6 Å². The highest BCUT2D eigenvalue weighted by Crippen LogP contribution is 2.17. The second-order valence-electron chi connectivity index (χ2n) is 4.23.